The SMILES string of the molecule is Cc1cc(C(=O)Nc2nc3ccc4nc(C)sc4c3s2)on1. The summed E-state index contributed by atoms with van der Waals surface area (Å²) < 4.78 is 7.09. The molecule has 0 aliphatic carbocycles. The summed E-state index contributed by atoms with van der Waals surface area (Å²) in [6, 6.07) is 5.46. The lowest BCUT2D eigenvalue weighted by molar-refractivity contribution is 0.0988. The van der Waals surface area contributed by atoms with Crippen molar-refractivity contribution < 1.29 is 9.32 Å². The molecule has 0 atom stereocenters. The molecule has 1 amide bonds. The number of rotatable bonds is 2. The van der Waals surface area contributed by atoms with Crippen molar-refractivity contribution in [3.05, 3.63) is 34.7 Å². The van der Waals surface area contributed by atoms with Gasteiger partial charge in [-0.1, -0.05) is 16.5 Å². The molecule has 0 fully saturated rings. The van der Waals surface area contributed by atoms with E-state index in [1.165, 1.54) is 11.3 Å². The van der Waals surface area contributed by atoms with Gasteiger partial charge in [-0.05, 0) is 26.0 Å². The minimum atomic E-state index is -0.351. The second kappa shape index (κ2) is 4.85. The highest BCUT2D eigenvalue weighted by atomic mass is 32.1. The number of nitrogens with zero attached hydrogens (tertiary/aromatic N) is 3. The summed E-state index contributed by atoms with van der Waals surface area (Å²) in [5, 5.41) is 8.01. The molecular weight excluding hydrogens is 320 g/mol. The smallest absolute Gasteiger partial charge is 0.296 e. The summed E-state index contributed by atoms with van der Waals surface area (Å²) in [5.41, 5.74) is 2.48. The molecule has 0 aliphatic rings. The molecule has 0 bridgehead atoms. The summed E-state index contributed by atoms with van der Waals surface area (Å²) in [6.45, 7) is 3.74. The Bertz CT molecular complexity index is 1010. The average Bonchev–Trinajstić information content (AvgIpc) is 3.15. The van der Waals surface area contributed by atoms with E-state index < -0.39 is 0 Å². The quantitative estimate of drug-likeness (QED) is 0.605. The van der Waals surface area contributed by atoms with E-state index in [-0.39, 0.29) is 11.7 Å². The fourth-order valence-electron chi connectivity index (χ4n) is 2.17. The number of aromatic nitrogens is 3. The monoisotopic (exact) mass is 330 g/mol. The molecule has 6 nitrogen and oxygen atoms in total. The zero-order valence-electron chi connectivity index (χ0n) is 11.7. The largest absolute Gasteiger partial charge is 0.351 e. The summed E-state index contributed by atoms with van der Waals surface area (Å²) >= 11 is 3.07. The third-order valence-corrected chi connectivity index (χ3v) is 5.23. The molecule has 1 aromatic carbocycles. The van der Waals surface area contributed by atoms with Crippen LogP contribution in [-0.4, -0.2) is 21.0 Å². The molecular formula is C14H10N4O2S2. The third kappa shape index (κ3) is 2.16. The molecule has 0 unspecified atom stereocenters. The van der Waals surface area contributed by atoms with Crippen molar-refractivity contribution >= 4 is 54.1 Å². The molecule has 22 heavy (non-hydrogen) atoms. The standard InChI is InChI=1S/C14H10N4O2S2/c1-6-5-10(20-18-6)13(19)17-14-16-9-4-3-8-11(12(9)22-14)21-7(2)15-8/h3-5H,1-2H3,(H,16,17,19). The molecule has 0 radical (unpaired) electrons. The van der Waals surface area contributed by atoms with E-state index >= 15 is 0 Å². The van der Waals surface area contributed by atoms with Gasteiger partial charge >= 0.3 is 0 Å². The Balaban J connectivity index is 1.73. The van der Waals surface area contributed by atoms with Gasteiger partial charge in [-0.2, -0.15) is 0 Å². The third-order valence-electron chi connectivity index (χ3n) is 3.09. The number of aryl methyl sites for hydroxylation is 2. The van der Waals surface area contributed by atoms with Crippen LogP contribution in [0.15, 0.2) is 22.7 Å². The van der Waals surface area contributed by atoms with Gasteiger partial charge in [0, 0.05) is 6.07 Å². The van der Waals surface area contributed by atoms with E-state index in [0.717, 1.165) is 25.4 Å². The van der Waals surface area contributed by atoms with Crippen molar-refractivity contribution in [1.82, 2.24) is 15.1 Å². The normalized spacial score (nSPS) is 11.4. The van der Waals surface area contributed by atoms with Crippen molar-refractivity contribution in [2.75, 3.05) is 5.32 Å². The Morgan fingerprint density at radius 1 is 1.14 bits per heavy atom. The molecule has 4 aromatic rings. The second-order valence-electron chi connectivity index (χ2n) is 4.80. The van der Waals surface area contributed by atoms with E-state index in [2.05, 4.69) is 20.4 Å². The van der Waals surface area contributed by atoms with Crippen LogP contribution in [0.25, 0.3) is 20.4 Å². The fraction of sp³-hybridized carbons (Fsp3) is 0.143. The molecule has 8 heteroatoms. The summed E-state index contributed by atoms with van der Waals surface area (Å²) in [7, 11) is 0. The lowest BCUT2D eigenvalue weighted by Gasteiger charge is -1.95. The van der Waals surface area contributed by atoms with Crippen LogP contribution in [0.2, 0.25) is 0 Å². The first-order chi connectivity index (χ1) is 10.6. The van der Waals surface area contributed by atoms with Crippen LogP contribution in [0.5, 0.6) is 0 Å². The second-order valence-corrected chi connectivity index (χ2v) is 7.00. The van der Waals surface area contributed by atoms with Gasteiger partial charge in [-0.25, -0.2) is 9.97 Å². The molecule has 0 aliphatic heterocycles. The lowest BCUT2D eigenvalue weighted by atomic mass is 10.3. The van der Waals surface area contributed by atoms with Crippen molar-refractivity contribution in [3.8, 4) is 0 Å². The first kappa shape index (κ1) is 13.4. The van der Waals surface area contributed by atoms with Gasteiger partial charge in [-0.3, -0.25) is 10.1 Å². The first-order valence-corrected chi connectivity index (χ1v) is 8.15. The number of benzene rings is 1. The lowest BCUT2D eigenvalue weighted by Crippen LogP contribution is -2.10. The maximum absolute atomic E-state index is 12.1. The molecule has 110 valence electrons. The van der Waals surface area contributed by atoms with Gasteiger partial charge in [0.1, 0.15) is 0 Å². The number of nitrogens with one attached hydrogen (secondary N) is 1. The summed E-state index contributed by atoms with van der Waals surface area (Å²) in [4.78, 5) is 21.0. The number of anilines is 1. The van der Waals surface area contributed by atoms with E-state index in [4.69, 9.17) is 4.52 Å². The van der Waals surface area contributed by atoms with E-state index in [0.29, 0.717) is 10.8 Å². The maximum Gasteiger partial charge on any atom is 0.296 e. The molecule has 4 rings (SSSR count). The summed E-state index contributed by atoms with van der Waals surface area (Å²) in [6.07, 6.45) is 0. The zero-order chi connectivity index (χ0) is 15.3. The Kier molecular flexibility index (Phi) is 2.95. The van der Waals surface area contributed by atoms with Gasteiger partial charge < -0.3 is 4.52 Å². The number of fused-ring (bicyclic) bond motifs is 3. The topological polar surface area (TPSA) is 80.9 Å². The van der Waals surface area contributed by atoms with Crippen molar-refractivity contribution in [3.63, 3.8) is 0 Å². The Morgan fingerprint density at radius 3 is 2.59 bits per heavy atom. The molecule has 3 aromatic heterocycles. The Morgan fingerprint density at radius 2 is 1.86 bits per heavy atom. The molecule has 0 spiro atoms. The summed E-state index contributed by atoms with van der Waals surface area (Å²) in [5.74, 6) is -0.174. The van der Waals surface area contributed by atoms with E-state index in [9.17, 15) is 4.79 Å². The van der Waals surface area contributed by atoms with Crippen LogP contribution in [0.4, 0.5) is 5.13 Å². The van der Waals surface area contributed by atoms with Crippen LogP contribution in [0.1, 0.15) is 21.3 Å². The van der Waals surface area contributed by atoms with Gasteiger partial charge in [0.15, 0.2) is 5.13 Å². The van der Waals surface area contributed by atoms with Crippen LogP contribution in [-0.2, 0) is 0 Å². The number of thiazole rings is 2. The van der Waals surface area contributed by atoms with Crippen LogP contribution >= 0.6 is 22.7 Å². The molecule has 3 heterocycles. The number of hydrogen-bond donors (Lipinski definition) is 1. The van der Waals surface area contributed by atoms with E-state index in [1.54, 1.807) is 24.3 Å². The highest BCUT2D eigenvalue weighted by Gasteiger charge is 2.16. The zero-order valence-corrected chi connectivity index (χ0v) is 13.3. The highest BCUT2D eigenvalue weighted by Crippen LogP contribution is 2.35. The van der Waals surface area contributed by atoms with Gasteiger partial charge in [-0.15, -0.1) is 11.3 Å². The van der Waals surface area contributed by atoms with Crippen molar-refractivity contribution in [2.24, 2.45) is 0 Å². The van der Waals surface area contributed by atoms with Crippen molar-refractivity contribution in [1.29, 1.82) is 0 Å². The number of amides is 1. The predicted octanol–water partition coefficient (Wildman–Crippen LogP) is 3.76. The maximum atomic E-state index is 12.1. The molecule has 0 saturated carbocycles. The Hall–Kier alpha value is -2.32. The predicted molar refractivity (Wildman–Crippen MR) is 86.7 cm³/mol. The minimum Gasteiger partial charge on any atom is -0.351 e. The van der Waals surface area contributed by atoms with Crippen molar-refractivity contribution in [2.45, 2.75) is 13.8 Å². The van der Waals surface area contributed by atoms with Crippen LogP contribution < -0.4 is 5.32 Å². The number of carbonyl (C=O) groups is 1. The molecule has 1 N–H and O–H groups in total. The fourth-order valence-corrected chi connectivity index (χ4v) is 4.17. The average molecular weight is 330 g/mol. The Labute approximate surface area is 132 Å². The van der Waals surface area contributed by atoms with Crippen LogP contribution in [0.3, 0.4) is 0 Å². The van der Waals surface area contributed by atoms with Gasteiger partial charge in [0.25, 0.3) is 5.91 Å². The van der Waals surface area contributed by atoms with E-state index in [1.807, 2.05) is 19.1 Å². The van der Waals surface area contributed by atoms with Crippen LogP contribution in [0, 0.1) is 13.8 Å². The number of hydrogen-bond acceptors (Lipinski definition) is 7. The van der Waals surface area contributed by atoms with Gasteiger partial charge in [0.2, 0.25) is 5.76 Å². The molecule has 0 saturated heterocycles. The van der Waals surface area contributed by atoms with Gasteiger partial charge in [0.05, 0.1) is 31.1 Å². The minimum absolute atomic E-state index is 0.176. The number of carbonyl (C=O) groups excluding carboxylic acids is 1. The first-order valence-electron chi connectivity index (χ1n) is 6.51. The highest BCUT2D eigenvalue weighted by molar-refractivity contribution is 7.28.